The van der Waals surface area contributed by atoms with Crippen LogP contribution in [0.3, 0.4) is 0 Å². The van der Waals surface area contributed by atoms with Gasteiger partial charge < -0.3 is 9.73 Å². The average Bonchev–Trinajstić information content (AvgIpc) is 3.35. The van der Waals surface area contributed by atoms with Crippen molar-refractivity contribution in [2.75, 3.05) is 5.32 Å². The molecule has 1 aliphatic heterocycles. The van der Waals surface area contributed by atoms with Crippen LogP contribution in [0.2, 0.25) is 5.02 Å². The van der Waals surface area contributed by atoms with Crippen LogP contribution in [0.1, 0.15) is 17.3 Å². The minimum atomic E-state index is -0.807. The van der Waals surface area contributed by atoms with Crippen LogP contribution >= 0.6 is 11.6 Å². The molecule has 0 unspecified atom stereocenters. The summed E-state index contributed by atoms with van der Waals surface area (Å²) in [4.78, 5) is 32.9. The van der Waals surface area contributed by atoms with Crippen molar-refractivity contribution >= 4 is 40.9 Å². The van der Waals surface area contributed by atoms with Crippen LogP contribution in [0.4, 0.5) is 10.2 Å². The van der Waals surface area contributed by atoms with Gasteiger partial charge >= 0.3 is 0 Å². The first-order chi connectivity index (χ1) is 14.3. The Morgan fingerprint density at radius 2 is 2.07 bits per heavy atom. The van der Waals surface area contributed by atoms with Gasteiger partial charge in [-0.25, -0.2) is 9.38 Å². The normalized spacial score (nSPS) is 13.8. The summed E-state index contributed by atoms with van der Waals surface area (Å²) in [6.07, 6.45) is 1.46. The molecule has 0 fully saturated rings. The number of carbonyl (C=O) groups excluding carboxylic acids is 2. The number of amides is 2. The summed E-state index contributed by atoms with van der Waals surface area (Å²) in [6.45, 7) is 5.22. The van der Waals surface area contributed by atoms with Gasteiger partial charge in [0.25, 0.3) is 17.8 Å². The smallest absolute Gasteiger partial charge is 0.281 e. The van der Waals surface area contributed by atoms with Crippen molar-refractivity contribution in [2.45, 2.75) is 6.92 Å². The number of hydrogen-bond acceptors (Lipinski definition) is 5. The molecular weight excluding hydrogens is 413 g/mol. The van der Waals surface area contributed by atoms with E-state index in [-0.39, 0.29) is 27.9 Å². The fraction of sp³-hybridized carbons (Fsp3) is 0.0500. The monoisotopic (exact) mass is 425 g/mol. The number of aliphatic imine (C=N–C) groups is 2. The van der Waals surface area contributed by atoms with E-state index >= 15 is 0 Å². The van der Waals surface area contributed by atoms with Gasteiger partial charge in [-0.2, -0.15) is 14.8 Å². The molecule has 30 heavy (non-hydrogen) atoms. The van der Waals surface area contributed by atoms with E-state index in [2.05, 4.69) is 27.0 Å². The number of carbonyl (C=O) groups is 2. The Balaban J connectivity index is 1.79. The zero-order chi connectivity index (χ0) is 21.4. The summed E-state index contributed by atoms with van der Waals surface area (Å²) in [5.41, 5.74) is 0.513. The second-order valence-corrected chi connectivity index (χ2v) is 6.65. The van der Waals surface area contributed by atoms with Gasteiger partial charge in [0.1, 0.15) is 17.3 Å². The molecule has 1 aromatic carbocycles. The van der Waals surface area contributed by atoms with E-state index in [0.29, 0.717) is 17.2 Å². The SMILES string of the molecule is C=C1C(=O)N=C(n2nc(-c3ccco3)cc2NC(=O)c2c(F)cccc2Cl)N=C1C. The lowest BCUT2D eigenvalue weighted by atomic mass is 10.2. The predicted octanol–water partition coefficient (Wildman–Crippen LogP) is 3.95. The lowest BCUT2D eigenvalue weighted by Crippen LogP contribution is -2.25. The lowest BCUT2D eigenvalue weighted by molar-refractivity contribution is -0.113. The van der Waals surface area contributed by atoms with Crippen LogP contribution < -0.4 is 5.32 Å². The molecule has 3 aromatic rings. The Hall–Kier alpha value is -3.85. The van der Waals surface area contributed by atoms with Crippen molar-refractivity contribution in [3.63, 3.8) is 0 Å². The van der Waals surface area contributed by atoms with E-state index < -0.39 is 17.6 Å². The summed E-state index contributed by atoms with van der Waals surface area (Å²) in [5.74, 6) is -1.77. The Morgan fingerprint density at radius 1 is 1.27 bits per heavy atom. The fourth-order valence-electron chi connectivity index (χ4n) is 2.71. The molecule has 0 radical (unpaired) electrons. The Labute approximate surface area is 174 Å². The van der Waals surface area contributed by atoms with Crippen molar-refractivity contribution < 1.29 is 18.4 Å². The van der Waals surface area contributed by atoms with Crippen LogP contribution in [0.5, 0.6) is 0 Å². The highest BCUT2D eigenvalue weighted by molar-refractivity contribution is 6.34. The molecule has 0 bridgehead atoms. The molecule has 0 saturated heterocycles. The number of hydrogen-bond donors (Lipinski definition) is 1. The van der Waals surface area contributed by atoms with Crippen molar-refractivity contribution in [1.82, 2.24) is 9.78 Å². The van der Waals surface area contributed by atoms with E-state index in [0.717, 1.165) is 10.7 Å². The maximum Gasteiger partial charge on any atom is 0.281 e. The van der Waals surface area contributed by atoms with Crippen LogP contribution in [0.25, 0.3) is 11.5 Å². The first kappa shape index (κ1) is 19.5. The quantitative estimate of drug-likeness (QED) is 0.642. The zero-order valence-corrected chi connectivity index (χ0v) is 16.3. The molecule has 2 aromatic heterocycles. The molecular formula is C20H13ClFN5O3. The Morgan fingerprint density at radius 3 is 2.73 bits per heavy atom. The third-order valence-corrected chi connectivity index (χ3v) is 4.58. The van der Waals surface area contributed by atoms with E-state index in [1.165, 1.54) is 24.5 Å². The highest BCUT2D eigenvalue weighted by Gasteiger charge is 2.24. The molecule has 0 spiro atoms. The van der Waals surface area contributed by atoms with E-state index in [9.17, 15) is 14.0 Å². The van der Waals surface area contributed by atoms with E-state index in [1.807, 2.05) is 0 Å². The number of aromatic nitrogens is 2. The molecule has 3 heterocycles. The van der Waals surface area contributed by atoms with Gasteiger partial charge in [-0.15, -0.1) is 0 Å². The summed E-state index contributed by atoms with van der Waals surface area (Å²) >= 11 is 5.98. The molecule has 0 saturated carbocycles. The first-order valence-corrected chi connectivity index (χ1v) is 9.00. The topological polar surface area (TPSA) is 102 Å². The second kappa shape index (κ2) is 7.53. The molecule has 0 aliphatic carbocycles. The van der Waals surface area contributed by atoms with Gasteiger partial charge in [0.2, 0.25) is 0 Å². The Bertz CT molecular complexity index is 1240. The fourth-order valence-corrected chi connectivity index (χ4v) is 2.96. The summed E-state index contributed by atoms with van der Waals surface area (Å²) in [6, 6.07) is 8.72. The highest BCUT2D eigenvalue weighted by Crippen LogP contribution is 2.25. The van der Waals surface area contributed by atoms with Gasteiger partial charge in [0, 0.05) is 6.07 Å². The largest absolute Gasteiger partial charge is 0.463 e. The second-order valence-electron chi connectivity index (χ2n) is 6.25. The molecule has 0 atom stereocenters. The maximum absolute atomic E-state index is 14.2. The van der Waals surface area contributed by atoms with Gasteiger partial charge in [-0.1, -0.05) is 24.2 Å². The maximum atomic E-state index is 14.2. The average molecular weight is 426 g/mol. The standard InChI is InChI=1S/C20H13ClFN5O3/c1-10-11(2)23-20(25-18(10)28)27-16(9-14(26-27)15-7-4-8-30-15)24-19(29)17-12(21)5-3-6-13(17)22/h3-9H,1H2,2H3,(H,24,29). The summed E-state index contributed by atoms with van der Waals surface area (Å²) in [5, 5.41) is 6.81. The molecule has 1 N–H and O–H groups in total. The van der Waals surface area contributed by atoms with E-state index in [1.54, 1.807) is 19.1 Å². The van der Waals surface area contributed by atoms with Gasteiger partial charge in [-0.3, -0.25) is 9.59 Å². The van der Waals surface area contributed by atoms with Crippen LogP contribution in [-0.2, 0) is 4.79 Å². The third-order valence-electron chi connectivity index (χ3n) is 4.27. The molecule has 150 valence electrons. The number of benzene rings is 1. The number of rotatable bonds is 3. The molecule has 2 amide bonds. The number of anilines is 1. The van der Waals surface area contributed by atoms with Crippen molar-refractivity contribution in [3.8, 4) is 11.5 Å². The van der Waals surface area contributed by atoms with Crippen LogP contribution in [0.15, 0.2) is 69.2 Å². The van der Waals surface area contributed by atoms with Crippen molar-refractivity contribution in [2.24, 2.45) is 9.98 Å². The summed E-state index contributed by atoms with van der Waals surface area (Å²) in [7, 11) is 0. The first-order valence-electron chi connectivity index (χ1n) is 8.62. The van der Waals surface area contributed by atoms with Gasteiger partial charge in [-0.05, 0) is 31.2 Å². The van der Waals surface area contributed by atoms with Gasteiger partial charge in [0.05, 0.1) is 28.1 Å². The molecule has 4 rings (SSSR count). The Kier molecular flexibility index (Phi) is 4.88. The lowest BCUT2D eigenvalue weighted by Gasteiger charge is -2.13. The predicted molar refractivity (Wildman–Crippen MR) is 109 cm³/mol. The summed E-state index contributed by atoms with van der Waals surface area (Å²) < 4.78 is 20.6. The minimum Gasteiger partial charge on any atom is -0.463 e. The van der Waals surface area contributed by atoms with Crippen molar-refractivity contribution in [1.29, 1.82) is 0 Å². The zero-order valence-electron chi connectivity index (χ0n) is 15.5. The molecule has 8 nitrogen and oxygen atoms in total. The van der Waals surface area contributed by atoms with Gasteiger partial charge in [0.15, 0.2) is 5.76 Å². The minimum absolute atomic E-state index is 0.0554. The van der Waals surface area contributed by atoms with Crippen LogP contribution in [-0.4, -0.2) is 33.3 Å². The van der Waals surface area contributed by atoms with E-state index in [4.69, 9.17) is 16.0 Å². The number of furan rings is 1. The van der Waals surface area contributed by atoms with Crippen LogP contribution in [0, 0.1) is 5.82 Å². The molecule has 10 heteroatoms. The van der Waals surface area contributed by atoms with Crippen molar-refractivity contribution in [3.05, 3.63) is 71.2 Å². The number of nitrogens with zero attached hydrogens (tertiary/aromatic N) is 4. The third kappa shape index (κ3) is 3.46. The number of halogens is 2. The highest BCUT2D eigenvalue weighted by atomic mass is 35.5. The number of nitrogens with one attached hydrogen (secondary N) is 1. The molecule has 1 aliphatic rings.